The van der Waals surface area contributed by atoms with E-state index in [1.165, 1.54) is 5.56 Å². The van der Waals surface area contributed by atoms with Crippen LogP contribution < -0.4 is 10.9 Å². The molecule has 1 aromatic heterocycles. The Morgan fingerprint density at radius 2 is 1.94 bits per heavy atom. The van der Waals surface area contributed by atoms with E-state index in [4.69, 9.17) is 0 Å². The van der Waals surface area contributed by atoms with Gasteiger partial charge in [-0.3, -0.25) is 4.79 Å². The van der Waals surface area contributed by atoms with Crippen molar-refractivity contribution in [2.45, 2.75) is 31.8 Å². The molecule has 1 N–H and O–H groups in total. The lowest BCUT2D eigenvalue weighted by Crippen LogP contribution is -2.22. The second-order valence-corrected chi connectivity index (χ2v) is 5.08. The Kier molecular flexibility index (Phi) is 2.71. The molecular weight excluding hydrogens is 224 g/mol. The molecular formula is C15H18N2O. The van der Waals surface area contributed by atoms with Crippen molar-refractivity contribution in [2.24, 2.45) is 0 Å². The minimum Gasteiger partial charge on any atom is -0.313 e. The number of nitrogens with zero attached hydrogens (tertiary/aromatic N) is 1. The second kappa shape index (κ2) is 4.25. The molecule has 2 aromatic rings. The summed E-state index contributed by atoms with van der Waals surface area (Å²) in [6, 6.07) is 8.58. The van der Waals surface area contributed by atoms with Gasteiger partial charge >= 0.3 is 0 Å². The molecule has 1 heterocycles. The molecule has 3 nitrogen and oxygen atoms in total. The molecule has 1 unspecified atom stereocenters. The summed E-state index contributed by atoms with van der Waals surface area (Å²) in [4.78, 5) is 12.4. The van der Waals surface area contributed by atoms with Crippen molar-refractivity contribution in [1.82, 2.24) is 9.88 Å². The summed E-state index contributed by atoms with van der Waals surface area (Å²) < 4.78 is 1.92. The van der Waals surface area contributed by atoms with E-state index in [-0.39, 0.29) is 11.6 Å². The largest absolute Gasteiger partial charge is 0.313 e. The van der Waals surface area contributed by atoms with E-state index in [0.29, 0.717) is 6.04 Å². The Labute approximate surface area is 106 Å². The first kappa shape index (κ1) is 11.5. The summed E-state index contributed by atoms with van der Waals surface area (Å²) in [5.74, 6) is 0. The van der Waals surface area contributed by atoms with E-state index in [9.17, 15) is 4.79 Å². The molecule has 1 aromatic carbocycles. The molecule has 1 aliphatic rings. The first-order valence-electron chi connectivity index (χ1n) is 6.53. The topological polar surface area (TPSA) is 34.0 Å². The van der Waals surface area contributed by atoms with Gasteiger partial charge in [-0.2, -0.15) is 0 Å². The fourth-order valence-corrected chi connectivity index (χ4v) is 2.46. The van der Waals surface area contributed by atoms with Crippen LogP contribution in [0.4, 0.5) is 0 Å². The summed E-state index contributed by atoms with van der Waals surface area (Å²) in [6.07, 6.45) is 4.31. The van der Waals surface area contributed by atoms with Gasteiger partial charge in [0, 0.05) is 23.7 Å². The van der Waals surface area contributed by atoms with Crippen molar-refractivity contribution >= 4 is 10.8 Å². The molecule has 3 heteroatoms. The number of hydrogen-bond acceptors (Lipinski definition) is 2. The van der Waals surface area contributed by atoms with Crippen LogP contribution in [0.15, 0.2) is 35.3 Å². The Morgan fingerprint density at radius 1 is 1.28 bits per heavy atom. The number of fused-ring (bicyclic) bond motifs is 1. The minimum atomic E-state index is 0.153. The van der Waals surface area contributed by atoms with Gasteiger partial charge in [-0.25, -0.2) is 0 Å². The maximum Gasteiger partial charge on any atom is 0.258 e. The first-order valence-corrected chi connectivity index (χ1v) is 6.53. The van der Waals surface area contributed by atoms with Crippen LogP contribution in [0.3, 0.4) is 0 Å². The summed E-state index contributed by atoms with van der Waals surface area (Å²) in [5.41, 5.74) is 1.36. The standard InChI is InChI=1S/C15H18N2O/c1-10(16-2)14-9-17(11-7-8-11)15(18)13-6-4-3-5-12(13)14/h3-6,9-11,16H,7-8H2,1-2H3. The highest BCUT2D eigenvalue weighted by atomic mass is 16.1. The van der Waals surface area contributed by atoms with E-state index in [0.717, 1.165) is 23.6 Å². The highest BCUT2D eigenvalue weighted by Crippen LogP contribution is 2.35. The lowest BCUT2D eigenvalue weighted by molar-refractivity contribution is 0.634. The molecule has 18 heavy (non-hydrogen) atoms. The van der Waals surface area contributed by atoms with Gasteiger partial charge in [0.15, 0.2) is 0 Å². The van der Waals surface area contributed by atoms with Crippen LogP contribution in [0.25, 0.3) is 10.8 Å². The zero-order valence-corrected chi connectivity index (χ0v) is 10.8. The number of pyridine rings is 1. The quantitative estimate of drug-likeness (QED) is 0.897. The van der Waals surface area contributed by atoms with E-state index in [1.54, 1.807) is 0 Å². The smallest absolute Gasteiger partial charge is 0.258 e. The van der Waals surface area contributed by atoms with Crippen LogP contribution in [0.5, 0.6) is 0 Å². The monoisotopic (exact) mass is 242 g/mol. The Morgan fingerprint density at radius 3 is 2.56 bits per heavy atom. The van der Waals surface area contributed by atoms with Gasteiger partial charge in [0.2, 0.25) is 0 Å². The SMILES string of the molecule is CNC(C)c1cn(C2CC2)c(=O)c2ccccc12. The van der Waals surface area contributed by atoms with Gasteiger partial charge in [-0.1, -0.05) is 18.2 Å². The van der Waals surface area contributed by atoms with Crippen molar-refractivity contribution in [1.29, 1.82) is 0 Å². The molecule has 0 aliphatic heterocycles. The zero-order chi connectivity index (χ0) is 12.7. The number of rotatable bonds is 3. The third-order valence-corrected chi connectivity index (χ3v) is 3.82. The van der Waals surface area contributed by atoms with Crippen molar-refractivity contribution in [3.63, 3.8) is 0 Å². The fraction of sp³-hybridized carbons (Fsp3) is 0.400. The zero-order valence-electron chi connectivity index (χ0n) is 10.8. The van der Waals surface area contributed by atoms with Gasteiger partial charge < -0.3 is 9.88 Å². The van der Waals surface area contributed by atoms with Gasteiger partial charge in [0.25, 0.3) is 5.56 Å². The van der Waals surface area contributed by atoms with Gasteiger partial charge in [0.1, 0.15) is 0 Å². The third-order valence-electron chi connectivity index (χ3n) is 3.82. The summed E-state index contributed by atoms with van der Waals surface area (Å²) in [7, 11) is 1.95. The Bertz CT molecular complexity index is 640. The molecule has 1 fully saturated rings. The predicted octanol–water partition coefficient (Wildman–Crippen LogP) is 2.62. The number of hydrogen-bond donors (Lipinski definition) is 1. The summed E-state index contributed by atoms with van der Waals surface area (Å²) >= 11 is 0. The molecule has 0 amide bonds. The summed E-state index contributed by atoms with van der Waals surface area (Å²) in [5, 5.41) is 5.17. The maximum absolute atomic E-state index is 12.4. The molecule has 1 saturated carbocycles. The molecule has 0 radical (unpaired) electrons. The third kappa shape index (κ3) is 1.75. The van der Waals surface area contributed by atoms with E-state index in [2.05, 4.69) is 12.2 Å². The molecule has 1 aliphatic carbocycles. The van der Waals surface area contributed by atoms with Crippen LogP contribution in [0, 0.1) is 0 Å². The molecule has 0 spiro atoms. The lowest BCUT2D eigenvalue weighted by atomic mass is 10.0. The van der Waals surface area contributed by atoms with Crippen LogP contribution >= 0.6 is 0 Å². The normalized spacial score (nSPS) is 17.0. The van der Waals surface area contributed by atoms with Crippen LogP contribution in [0.2, 0.25) is 0 Å². The molecule has 1 atom stereocenters. The highest BCUT2D eigenvalue weighted by molar-refractivity contribution is 5.85. The highest BCUT2D eigenvalue weighted by Gasteiger charge is 2.26. The predicted molar refractivity (Wildman–Crippen MR) is 74.0 cm³/mol. The average molecular weight is 242 g/mol. The van der Waals surface area contributed by atoms with Crippen molar-refractivity contribution < 1.29 is 0 Å². The number of nitrogens with one attached hydrogen (secondary N) is 1. The Hall–Kier alpha value is -1.61. The van der Waals surface area contributed by atoms with E-state index >= 15 is 0 Å². The summed E-state index contributed by atoms with van der Waals surface area (Å²) in [6.45, 7) is 2.13. The van der Waals surface area contributed by atoms with Crippen LogP contribution in [0.1, 0.15) is 37.4 Å². The minimum absolute atomic E-state index is 0.153. The number of aromatic nitrogens is 1. The fourth-order valence-electron chi connectivity index (χ4n) is 2.46. The van der Waals surface area contributed by atoms with Crippen molar-refractivity contribution in [3.8, 4) is 0 Å². The van der Waals surface area contributed by atoms with E-state index < -0.39 is 0 Å². The van der Waals surface area contributed by atoms with Gasteiger partial charge in [-0.05, 0) is 43.8 Å². The van der Waals surface area contributed by atoms with Gasteiger partial charge in [-0.15, -0.1) is 0 Å². The van der Waals surface area contributed by atoms with E-state index in [1.807, 2.05) is 42.1 Å². The first-order chi connectivity index (χ1) is 8.72. The molecule has 94 valence electrons. The molecule has 0 saturated heterocycles. The Balaban J connectivity index is 2.32. The molecule has 0 bridgehead atoms. The van der Waals surface area contributed by atoms with Crippen LogP contribution in [-0.2, 0) is 0 Å². The maximum atomic E-state index is 12.4. The van der Waals surface area contributed by atoms with Crippen molar-refractivity contribution in [2.75, 3.05) is 7.05 Å². The number of benzene rings is 1. The van der Waals surface area contributed by atoms with Gasteiger partial charge in [0.05, 0.1) is 0 Å². The second-order valence-electron chi connectivity index (χ2n) is 5.08. The average Bonchev–Trinajstić information content (AvgIpc) is 3.23. The molecule has 3 rings (SSSR count). The van der Waals surface area contributed by atoms with Crippen LogP contribution in [-0.4, -0.2) is 11.6 Å². The van der Waals surface area contributed by atoms with Crippen molar-refractivity contribution in [3.05, 3.63) is 46.4 Å². The lowest BCUT2D eigenvalue weighted by Gasteiger charge is -2.16.